The van der Waals surface area contributed by atoms with E-state index in [2.05, 4.69) is 33.5 Å². The number of carboxylic acids is 1. The van der Waals surface area contributed by atoms with Crippen molar-refractivity contribution in [2.75, 3.05) is 0 Å². The van der Waals surface area contributed by atoms with Gasteiger partial charge in [-0.25, -0.2) is 9.78 Å². The van der Waals surface area contributed by atoms with E-state index < -0.39 is 17.9 Å². The van der Waals surface area contributed by atoms with Gasteiger partial charge in [0.2, 0.25) is 5.91 Å². The van der Waals surface area contributed by atoms with Crippen LogP contribution in [0, 0.1) is 5.92 Å². The van der Waals surface area contributed by atoms with E-state index in [4.69, 9.17) is 0 Å². The smallest absolute Gasteiger partial charge is 0.326 e. The molecule has 0 saturated carbocycles. The summed E-state index contributed by atoms with van der Waals surface area (Å²) in [6.45, 7) is 0. The molecule has 162 valence electrons. The second-order valence-electron chi connectivity index (χ2n) is 7.91. The molecular formula is C26H25N3O3. The van der Waals surface area contributed by atoms with Gasteiger partial charge in [0, 0.05) is 24.2 Å². The van der Waals surface area contributed by atoms with Gasteiger partial charge in [-0.3, -0.25) is 4.79 Å². The molecular weight excluding hydrogens is 402 g/mol. The van der Waals surface area contributed by atoms with Crippen molar-refractivity contribution >= 4 is 22.6 Å². The van der Waals surface area contributed by atoms with Crippen LogP contribution in [0.4, 0.5) is 0 Å². The first-order valence-corrected chi connectivity index (χ1v) is 10.6. The topological polar surface area (TPSA) is 95.1 Å². The number of amides is 1. The predicted molar refractivity (Wildman–Crippen MR) is 123 cm³/mol. The van der Waals surface area contributed by atoms with Crippen molar-refractivity contribution in [2.24, 2.45) is 5.92 Å². The number of nitrogens with zero attached hydrogens (tertiary/aromatic N) is 1. The zero-order valence-corrected chi connectivity index (χ0v) is 17.6. The maximum atomic E-state index is 13.3. The van der Waals surface area contributed by atoms with E-state index in [1.165, 1.54) is 6.33 Å². The number of H-pyrrole nitrogens is 1. The second kappa shape index (κ2) is 9.92. The predicted octanol–water partition coefficient (Wildman–Crippen LogP) is 3.78. The molecule has 3 N–H and O–H groups in total. The summed E-state index contributed by atoms with van der Waals surface area (Å²) in [4.78, 5) is 32.0. The first-order valence-electron chi connectivity index (χ1n) is 10.6. The third-order valence-electron chi connectivity index (χ3n) is 5.64. The number of hydrogen-bond donors (Lipinski definition) is 3. The highest BCUT2D eigenvalue weighted by Crippen LogP contribution is 2.23. The summed E-state index contributed by atoms with van der Waals surface area (Å²) >= 11 is 0. The maximum absolute atomic E-state index is 13.3. The number of carboxylic acid groups (broad SMARTS) is 1. The Morgan fingerprint density at radius 1 is 0.906 bits per heavy atom. The second-order valence-corrected chi connectivity index (χ2v) is 7.91. The van der Waals surface area contributed by atoms with Crippen molar-refractivity contribution in [2.45, 2.75) is 25.3 Å². The summed E-state index contributed by atoms with van der Waals surface area (Å²) < 4.78 is 0. The van der Waals surface area contributed by atoms with Crippen LogP contribution < -0.4 is 5.32 Å². The van der Waals surface area contributed by atoms with Crippen LogP contribution in [0.3, 0.4) is 0 Å². The Hall–Kier alpha value is -3.93. The van der Waals surface area contributed by atoms with Gasteiger partial charge in [-0.05, 0) is 34.7 Å². The molecule has 0 saturated heterocycles. The lowest BCUT2D eigenvalue weighted by Crippen LogP contribution is -2.45. The largest absolute Gasteiger partial charge is 0.480 e. The van der Waals surface area contributed by atoms with Crippen LogP contribution in [-0.4, -0.2) is 33.0 Å². The van der Waals surface area contributed by atoms with E-state index in [1.54, 1.807) is 6.20 Å². The lowest BCUT2D eigenvalue weighted by Gasteiger charge is -2.21. The zero-order valence-electron chi connectivity index (χ0n) is 17.6. The van der Waals surface area contributed by atoms with Crippen molar-refractivity contribution < 1.29 is 14.7 Å². The van der Waals surface area contributed by atoms with Crippen LogP contribution in [0.25, 0.3) is 10.8 Å². The Bertz CT molecular complexity index is 1180. The van der Waals surface area contributed by atoms with Crippen LogP contribution in [0.2, 0.25) is 0 Å². The van der Waals surface area contributed by atoms with Crippen molar-refractivity contribution in [1.29, 1.82) is 0 Å². The molecule has 0 aliphatic carbocycles. The average molecular weight is 428 g/mol. The lowest BCUT2D eigenvalue weighted by atomic mass is 9.89. The van der Waals surface area contributed by atoms with Gasteiger partial charge < -0.3 is 15.4 Å². The van der Waals surface area contributed by atoms with Gasteiger partial charge in [0.1, 0.15) is 6.04 Å². The molecule has 32 heavy (non-hydrogen) atoms. The molecule has 6 heteroatoms. The number of aromatic amines is 1. The molecule has 2 atom stereocenters. The van der Waals surface area contributed by atoms with E-state index in [0.717, 1.165) is 21.9 Å². The van der Waals surface area contributed by atoms with E-state index >= 15 is 0 Å². The fraction of sp³-hybridized carbons (Fsp3) is 0.192. The molecule has 0 fully saturated rings. The van der Waals surface area contributed by atoms with Crippen molar-refractivity contribution in [3.05, 3.63) is 102 Å². The number of aromatic nitrogens is 2. The molecule has 6 nitrogen and oxygen atoms in total. The Balaban J connectivity index is 1.59. The van der Waals surface area contributed by atoms with E-state index in [9.17, 15) is 14.7 Å². The summed E-state index contributed by atoms with van der Waals surface area (Å²) in [5.41, 5.74) is 2.76. The molecule has 0 bridgehead atoms. The Labute approximate surface area is 186 Å². The van der Waals surface area contributed by atoms with Gasteiger partial charge in [0.05, 0.1) is 6.33 Å². The number of carbonyl (C=O) groups is 2. The highest BCUT2D eigenvalue weighted by molar-refractivity contribution is 5.88. The molecule has 0 spiro atoms. The minimum absolute atomic E-state index is 0.146. The summed E-state index contributed by atoms with van der Waals surface area (Å²) in [6, 6.07) is 22.9. The van der Waals surface area contributed by atoms with Gasteiger partial charge in [0.25, 0.3) is 0 Å². The van der Waals surface area contributed by atoms with Crippen LogP contribution in [0.15, 0.2) is 85.3 Å². The summed E-state index contributed by atoms with van der Waals surface area (Å²) in [7, 11) is 0. The first-order chi connectivity index (χ1) is 15.6. The SMILES string of the molecule is O=C(N[C@@H](Cc1cnc[nH]1)C(=O)O)C(Cc1ccccc1)Cc1cccc2ccccc12. The fourth-order valence-electron chi connectivity index (χ4n) is 4.00. The number of fused-ring (bicyclic) bond motifs is 1. The molecule has 1 aromatic heterocycles. The van der Waals surface area contributed by atoms with Gasteiger partial charge in [-0.15, -0.1) is 0 Å². The van der Waals surface area contributed by atoms with Crippen LogP contribution in [0.5, 0.6) is 0 Å². The third-order valence-corrected chi connectivity index (χ3v) is 5.64. The number of hydrogen-bond acceptors (Lipinski definition) is 3. The molecule has 1 amide bonds. The van der Waals surface area contributed by atoms with Crippen molar-refractivity contribution in [3.63, 3.8) is 0 Å². The van der Waals surface area contributed by atoms with Gasteiger partial charge in [0.15, 0.2) is 0 Å². The van der Waals surface area contributed by atoms with Crippen LogP contribution in [-0.2, 0) is 28.9 Å². The number of carbonyl (C=O) groups excluding carboxylic acids is 1. The standard InChI is InChI=1S/C26H25N3O3/c30-25(29-24(26(31)32)15-22-16-27-17-28-22)21(13-18-7-2-1-3-8-18)14-20-11-6-10-19-9-4-5-12-23(19)20/h1-12,16-17,21,24H,13-15H2,(H,27,28)(H,29,30)(H,31,32)/t21?,24-/m0/s1. The number of benzene rings is 3. The number of aliphatic carboxylic acids is 1. The molecule has 0 aliphatic rings. The molecule has 4 aromatic rings. The fourth-order valence-corrected chi connectivity index (χ4v) is 4.00. The quantitative estimate of drug-likeness (QED) is 0.379. The minimum Gasteiger partial charge on any atom is -0.480 e. The van der Waals surface area contributed by atoms with Gasteiger partial charge >= 0.3 is 5.97 Å². The molecule has 0 radical (unpaired) electrons. The minimum atomic E-state index is -1.07. The van der Waals surface area contributed by atoms with Crippen LogP contribution in [0.1, 0.15) is 16.8 Å². The first kappa shape index (κ1) is 21.3. The zero-order chi connectivity index (χ0) is 22.3. The highest BCUT2D eigenvalue weighted by Gasteiger charge is 2.27. The Morgan fingerprint density at radius 3 is 2.41 bits per heavy atom. The molecule has 1 heterocycles. The maximum Gasteiger partial charge on any atom is 0.326 e. The van der Waals surface area contributed by atoms with Crippen LogP contribution >= 0.6 is 0 Å². The Morgan fingerprint density at radius 2 is 1.66 bits per heavy atom. The van der Waals surface area contributed by atoms with Gasteiger partial charge in [-0.1, -0.05) is 72.8 Å². The molecule has 4 rings (SSSR count). The normalized spacial score (nSPS) is 12.9. The number of rotatable bonds is 9. The van der Waals surface area contributed by atoms with Crippen molar-refractivity contribution in [1.82, 2.24) is 15.3 Å². The highest BCUT2D eigenvalue weighted by atomic mass is 16.4. The van der Waals surface area contributed by atoms with Gasteiger partial charge in [-0.2, -0.15) is 0 Å². The van der Waals surface area contributed by atoms with E-state index in [1.807, 2.05) is 54.6 Å². The summed E-state index contributed by atoms with van der Waals surface area (Å²) in [5.74, 6) is -1.75. The molecule has 3 aromatic carbocycles. The average Bonchev–Trinajstić information content (AvgIpc) is 3.32. The summed E-state index contributed by atoms with van der Waals surface area (Å²) in [5, 5.41) is 14.7. The number of nitrogens with one attached hydrogen (secondary N) is 2. The molecule has 0 aliphatic heterocycles. The number of imidazole rings is 1. The van der Waals surface area contributed by atoms with Crippen molar-refractivity contribution in [3.8, 4) is 0 Å². The van der Waals surface area contributed by atoms with E-state index in [0.29, 0.717) is 18.5 Å². The lowest BCUT2D eigenvalue weighted by molar-refractivity contribution is -0.142. The monoisotopic (exact) mass is 427 g/mol. The van der Waals surface area contributed by atoms with E-state index in [-0.39, 0.29) is 12.3 Å². The summed E-state index contributed by atoms with van der Waals surface area (Å²) in [6.07, 6.45) is 4.24. The third kappa shape index (κ3) is 5.21. The Kier molecular flexibility index (Phi) is 6.60. The molecule has 1 unspecified atom stereocenters.